The molecule has 2 aromatic rings. The largest absolute Gasteiger partial charge is 0.390 e. The van der Waals surface area contributed by atoms with Gasteiger partial charge < -0.3 is 10.4 Å². The Bertz CT molecular complexity index is 592. The van der Waals surface area contributed by atoms with E-state index in [1.807, 2.05) is 6.07 Å². The molecule has 2 rings (SSSR count). The number of rotatable bonds is 5. The van der Waals surface area contributed by atoms with Crippen LogP contribution in [0.4, 0.5) is 14.5 Å². The molecule has 5 heteroatoms. The van der Waals surface area contributed by atoms with Gasteiger partial charge in [0.15, 0.2) is 11.6 Å². The highest BCUT2D eigenvalue weighted by molar-refractivity contribution is 6.18. The van der Waals surface area contributed by atoms with E-state index in [0.29, 0.717) is 5.56 Å². The Labute approximate surface area is 121 Å². The molecule has 2 N–H and O–H groups in total. The second kappa shape index (κ2) is 6.68. The van der Waals surface area contributed by atoms with Crippen molar-refractivity contribution < 1.29 is 13.9 Å². The summed E-state index contributed by atoms with van der Waals surface area (Å²) in [4.78, 5) is 0. The molecule has 1 atom stereocenters. The van der Waals surface area contributed by atoms with Gasteiger partial charge in [-0.05, 0) is 23.8 Å². The third-order valence-electron chi connectivity index (χ3n) is 2.86. The molecule has 1 unspecified atom stereocenters. The Morgan fingerprint density at radius 3 is 2.55 bits per heavy atom. The molecule has 0 spiro atoms. The highest BCUT2D eigenvalue weighted by atomic mass is 35.5. The SMILES string of the molecule is OC(CCl)CNc1ccccc1-c1ccc(F)c(F)c1. The molecule has 2 nitrogen and oxygen atoms in total. The zero-order chi connectivity index (χ0) is 14.5. The maximum Gasteiger partial charge on any atom is 0.159 e. The summed E-state index contributed by atoms with van der Waals surface area (Å²) in [7, 11) is 0. The van der Waals surface area contributed by atoms with E-state index >= 15 is 0 Å². The van der Waals surface area contributed by atoms with Crippen LogP contribution in [0.1, 0.15) is 0 Å². The van der Waals surface area contributed by atoms with Crippen molar-refractivity contribution in [3.63, 3.8) is 0 Å². The highest BCUT2D eigenvalue weighted by Gasteiger charge is 2.09. The number of aliphatic hydroxyl groups is 1. The van der Waals surface area contributed by atoms with Crippen molar-refractivity contribution in [2.45, 2.75) is 6.10 Å². The van der Waals surface area contributed by atoms with Gasteiger partial charge in [0.05, 0.1) is 12.0 Å². The van der Waals surface area contributed by atoms with E-state index in [1.165, 1.54) is 6.07 Å². The minimum Gasteiger partial charge on any atom is -0.390 e. The second-order valence-electron chi connectivity index (χ2n) is 4.36. The molecule has 106 valence electrons. The predicted molar refractivity (Wildman–Crippen MR) is 77.0 cm³/mol. The van der Waals surface area contributed by atoms with E-state index in [9.17, 15) is 13.9 Å². The molecule has 0 aliphatic carbocycles. The van der Waals surface area contributed by atoms with Crippen LogP contribution in [0, 0.1) is 11.6 Å². The summed E-state index contributed by atoms with van der Waals surface area (Å²) in [5.41, 5.74) is 2.02. The van der Waals surface area contributed by atoms with Gasteiger partial charge in [0.1, 0.15) is 0 Å². The Hall–Kier alpha value is -1.65. The van der Waals surface area contributed by atoms with Crippen LogP contribution in [0.2, 0.25) is 0 Å². The van der Waals surface area contributed by atoms with Gasteiger partial charge in [-0.15, -0.1) is 11.6 Å². The summed E-state index contributed by atoms with van der Waals surface area (Å²) < 4.78 is 26.3. The van der Waals surface area contributed by atoms with Crippen molar-refractivity contribution in [3.05, 3.63) is 54.1 Å². The van der Waals surface area contributed by atoms with Gasteiger partial charge in [-0.1, -0.05) is 24.3 Å². The quantitative estimate of drug-likeness (QED) is 0.826. The zero-order valence-corrected chi connectivity index (χ0v) is 11.4. The van der Waals surface area contributed by atoms with Gasteiger partial charge >= 0.3 is 0 Å². The summed E-state index contributed by atoms with van der Waals surface area (Å²) in [6.45, 7) is 0.282. The smallest absolute Gasteiger partial charge is 0.159 e. The number of nitrogens with one attached hydrogen (secondary N) is 1. The normalized spacial score (nSPS) is 12.2. The summed E-state index contributed by atoms with van der Waals surface area (Å²) in [6.07, 6.45) is -0.672. The average molecular weight is 298 g/mol. The maximum absolute atomic E-state index is 13.3. The summed E-state index contributed by atoms with van der Waals surface area (Å²) >= 11 is 5.53. The fourth-order valence-corrected chi connectivity index (χ4v) is 1.94. The van der Waals surface area contributed by atoms with Crippen LogP contribution in [0.3, 0.4) is 0 Å². The molecule has 0 fully saturated rings. The molecular weight excluding hydrogens is 284 g/mol. The average Bonchev–Trinajstić information content (AvgIpc) is 2.48. The van der Waals surface area contributed by atoms with E-state index in [1.54, 1.807) is 18.2 Å². The third kappa shape index (κ3) is 3.46. The molecule has 0 bridgehead atoms. The zero-order valence-electron chi connectivity index (χ0n) is 10.6. The molecule has 0 saturated carbocycles. The van der Waals surface area contributed by atoms with Crippen LogP contribution in [0.25, 0.3) is 11.1 Å². The fourth-order valence-electron chi connectivity index (χ4n) is 1.83. The molecule has 0 aromatic heterocycles. The van der Waals surface area contributed by atoms with Crippen LogP contribution in [-0.2, 0) is 0 Å². The topological polar surface area (TPSA) is 32.3 Å². The van der Waals surface area contributed by atoms with Crippen molar-refractivity contribution in [1.82, 2.24) is 0 Å². The van der Waals surface area contributed by atoms with Gasteiger partial charge in [-0.2, -0.15) is 0 Å². The van der Waals surface area contributed by atoms with Crippen molar-refractivity contribution in [2.75, 3.05) is 17.7 Å². The Kier molecular flexibility index (Phi) is 4.93. The highest BCUT2D eigenvalue weighted by Crippen LogP contribution is 2.28. The van der Waals surface area contributed by atoms with E-state index in [-0.39, 0.29) is 12.4 Å². The number of benzene rings is 2. The minimum absolute atomic E-state index is 0.125. The Morgan fingerprint density at radius 2 is 1.85 bits per heavy atom. The van der Waals surface area contributed by atoms with E-state index in [2.05, 4.69) is 5.32 Å². The van der Waals surface area contributed by atoms with Crippen LogP contribution in [0.15, 0.2) is 42.5 Å². The van der Waals surface area contributed by atoms with Crippen molar-refractivity contribution in [1.29, 1.82) is 0 Å². The van der Waals surface area contributed by atoms with Crippen molar-refractivity contribution in [2.24, 2.45) is 0 Å². The van der Waals surface area contributed by atoms with Crippen LogP contribution >= 0.6 is 11.6 Å². The lowest BCUT2D eigenvalue weighted by Crippen LogP contribution is -2.21. The minimum atomic E-state index is -0.891. The molecule has 0 aliphatic heterocycles. The number of alkyl halides is 1. The number of para-hydroxylation sites is 1. The molecule has 20 heavy (non-hydrogen) atoms. The van der Waals surface area contributed by atoms with Gasteiger partial charge in [0.2, 0.25) is 0 Å². The molecule has 0 aliphatic rings. The lowest BCUT2D eigenvalue weighted by molar-refractivity contribution is 0.211. The third-order valence-corrected chi connectivity index (χ3v) is 3.22. The molecule has 0 heterocycles. The van der Waals surface area contributed by atoms with Crippen LogP contribution in [0.5, 0.6) is 0 Å². The lowest BCUT2D eigenvalue weighted by atomic mass is 10.0. The summed E-state index contributed by atoms with van der Waals surface area (Å²) in [6, 6.07) is 11.0. The molecular formula is C15H14ClF2NO. The summed E-state index contributed by atoms with van der Waals surface area (Å²) in [5.74, 6) is -1.64. The van der Waals surface area contributed by atoms with Gasteiger partial charge in [0.25, 0.3) is 0 Å². The second-order valence-corrected chi connectivity index (χ2v) is 4.67. The number of halogens is 3. The van der Waals surface area contributed by atoms with Crippen LogP contribution < -0.4 is 5.32 Å². The molecule has 2 aromatic carbocycles. The number of hydrogen-bond acceptors (Lipinski definition) is 2. The first-order chi connectivity index (χ1) is 9.61. The number of aliphatic hydroxyl groups excluding tert-OH is 1. The Balaban J connectivity index is 2.29. The van der Waals surface area contributed by atoms with Crippen LogP contribution in [-0.4, -0.2) is 23.6 Å². The van der Waals surface area contributed by atoms with E-state index < -0.39 is 17.7 Å². The van der Waals surface area contributed by atoms with Gasteiger partial charge in [-0.3, -0.25) is 0 Å². The van der Waals surface area contributed by atoms with Gasteiger partial charge in [0, 0.05) is 17.8 Å². The van der Waals surface area contributed by atoms with E-state index in [0.717, 1.165) is 23.4 Å². The first-order valence-electron chi connectivity index (χ1n) is 6.14. The predicted octanol–water partition coefficient (Wildman–Crippen LogP) is 3.64. The summed E-state index contributed by atoms with van der Waals surface area (Å²) in [5, 5.41) is 12.5. The fraction of sp³-hybridized carbons (Fsp3) is 0.200. The van der Waals surface area contributed by atoms with Crippen molar-refractivity contribution in [3.8, 4) is 11.1 Å². The van der Waals surface area contributed by atoms with Gasteiger partial charge in [-0.25, -0.2) is 8.78 Å². The van der Waals surface area contributed by atoms with Crippen molar-refractivity contribution >= 4 is 17.3 Å². The maximum atomic E-state index is 13.3. The Morgan fingerprint density at radius 1 is 1.10 bits per heavy atom. The monoisotopic (exact) mass is 297 g/mol. The molecule has 0 amide bonds. The molecule has 0 radical (unpaired) electrons. The number of hydrogen-bond donors (Lipinski definition) is 2. The number of anilines is 1. The van der Waals surface area contributed by atoms with E-state index in [4.69, 9.17) is 11.6 Å². The first kappa shape index (κ1) is 14.8. The first-order valence-corrected chi connectivity index (χ1v) is 6.67. The lowest BCUT2D eigenvalue weighted by Gasteiger charge is -2.14. The molecule has 0 saturated heterocycles. The standard InChI is InChI=1S/C15H14ClF2NO/c16-8-11(20)9-19-15-4-2-1-3-12(15)10-5-6-13(17)14(18)7-10/h1-7,11,19-20H,8-9H2.